The minimum Gasteiger partial charge on any atom is -0.481 e. The normalized spacial score (nSPS) is 12.7. The lowest BCUT2D eigenvalue weighted by atomic mass is 10.0. The van der Waals surface area contributed by atoms with Gasteiger partial charge in [-0.05, 0) is 71.3 Å². The molecule has 0 aliphatic rings. The van der Waals surface area contributed by atoms with Gasteiger partial charge >= 0.3 is 11.9 Å². The van der Waals surface area contributed by atoms with Crippen LogP contribution in [0, 0.1) is 0 Å². The van der Waals surface area contributed by atoms with Gasteiger partial charge in [-0.3, -0.25) is 9.59 Å². The van der Waals surface area contributed by atoms with Gasteiger partial charge in [-0.1, -0.05) is 250 Å². The highest BCUT2D eigenvalue weighted by Crippen LogP contribution is 2.17. The van der Waals surface area contributed by atoms with Crippen molar-refractivity contribution < 1.29 is 19.4 Å². The zero-order valence-electron chi connectivity index (χ0n) is 42.7. The summed E-state index contributed by atoms with van der Waals surface area (Å²) in [5, 5.41) is 12.5. The zero-order valence-corrected chi connectivity index (χ0v) is 42.7. The average Bonchev–Trinajstić information content (AvgIpc) is 3.27. The SMILES string of the molecule is CCCCCCCC/C=C\CCCCCCCCOC(=O)CCCCCCCCCCCCCCCCCNC(CCCCCCCCCCCCCCCCCC(=O)O)C(C)N. The van der Waals surface area contributed by atoms with Crippen molar-refractivity contribution in [2.24, 2.45) is 5.73 Å². The summed E-state index contributed by atoms with van der Waals surface area (Å²) in [5.41, 5.74) is 6.34. The van der Waals surface area contributed by atoms with E-state index in [4.69, 9.17) is 15.6 Å². The minimum absolute atomic E-state index is 0.0134. The van der Waals surface area contributed by atoms with Crippen molar-refractivity contribution in [3.8, 4) is 0 Å². The van der Waals surface area contributed by atoms with E-state index in [9.17, 15) is 9.59 Å². The largest absolute Gasteiger partial charge is 0.481 e. The molecule has 6 nitrogen and oxygen atoms in total. The number of esters is 1. The highest BCUT2D eigenvalue weighted by Gasteiger charge is 2.12. The van der Waals surface area contributed by atoms with E-state index in [-0.39, 0.29) is 12.0 Å². The topological polar surface area (TPSA) is 102 Å². The average molecular weight is 890 g/mol. The van der Waals surface area contributed by atoms with Gasteiger partial charge in [0.15, 0.2) is 0 Å². The Bertz CT molecular complexity index is 939. The Balaban J connectivity index is 3.35. The number of unbranched alkanes of at least 4 members (excludes halogenated alkanes) is 40. The molecule has 0 bridgehead atoms. The van der Waals surface area contributed by atoms with E-state index in [2.05, 4.69) is 31.3 Å². The van der Waals surface area contributed by atoms with Crippen LogP contribution in [-0.4, -0.2) is 42.3 Å². The third-order valence-electron chi connectivity index (χ3n) is 13.4. The smallest absolute Gasteiger partial charge is 0.305 e. The summed E-state index contributed by atoms with van der Waals surface area (Å²) >= 11 is 0. The van der Waals surface area contributed by atoms with Crippen LogP contribution in [0.5, 0.6) is 0 Å². The number of carbonyl (C=O) groups is 2. The van der Waals surface area contributed by atoms with Gasteiger partial charge in [-0.25, -0.2) is 0 Å². The van der Waals surface area contributed by atoms with Crippen molar-refractivity contribution in [3.63, 3.8) is 0 Å². The van der Waals surface area contributed by atoms with Gasteiger partial charge in [0.05, 0.1) is 6.61 Å². The molecular formula is C57H112N2O4. The van der Waals surface area contributed by atoms with Gasteiger partial charge in [0.2, 0.25) is 0 Å². The molecule has 0 aromatic rings. The molecule has 6 heteroatoms. The second-order valence-corrected chi connectivity index (χ2v) is 19.9. The predicted octanol–water partition coefficient (Wildman–Crippen LogP) is 17.8. The second kappa shape index (κ2) is 53.2. The number of nitrogens with one attached hydrogen (secondary N) is 1. The number of allylic oxidation sites excluding steroid dienone is 2. The van der Waals surface area contributed by atoms with E-state index in [1.54, 1.807) is 0 Å². The zero-order chi connectivity index (χ0) is 45.8. The van der Waals surface area contributed by atoms with E-state index in [1.807, 2.05) is 0 Å². The quantitative estimate of drug-likeness (QED) is 0.0319. The lowest BCUT2D eigenvalue weighted by molar-refractivity contribution is -0.144. The Labute approximate surface area is 394 Å². The summed E-state index contributed by atoms with van der Waals surface area (Å²) in [6, 6.07) is 0.693. The summed E-state index contributed by atoms with van der Waals surface area (Å²) in [5.74, 6) is -0.645. The molecule has 63 heavy (non-hydrogen) atoms. The van der Waals surface area contributed by atoms with Crippen LogP contribution in [0.15, 0.2) is 12.2 Å². The summed E-state index contributed by atoms with van der Waals surface area (Å²) < 4.78 is 5.49. The molecule has 374 valence electrons. The first-order chi connectivity index (χ1) is 31.0. The predicted molar refractivity (Wildman–Crippen MR) is 276 cm³/mol. The van der Waals surface area contributed by atoms with Crippen molar-refractivity contribution in [2.45, 2.75) is 328 Å². The molecule has 2 atom stereocenters. The minimum atomic E-state index is -0.658. The summed E-state index contributed by atoms with van der Waals surface area (Å²) in [6.07, 6.45) is 64.3. The van der Waals surface area contributed by atoms with Gasteiger partial charge in [0.1, 0.15) is 0 Å². The lowest BCUT2D eigenvalue weighted by Crippen LogP contribution is -2.43. The first kappa shape index (κ1) is 61.6. The molecule has 0 amide bonds. The van der Waals surface area contributed by atoms with E-state index in [0.717, 1.165) is 38.6 Å². The van der Waals surface area contributed by atoms with Crippen molar-refractivity contribution in [2.75, 3.05) is 13.2 Å². The molecule has 4 N–H and O–H groups in total. The lowest BCUT2D eigenvalue weighted by Gasteiger charge is -2.22. The number of ether oxygens (including phenoxy) is 1. The highest BCUT2D eigenvalue weighted by molar-refractivity contribution is 5.69. The number of aliphatic carboxylic acids is 1. The maximum atomic E-state index is 12.1. The van der Waals surface area contributed by atoms with Crippen LogP contribution in [0.3, 0.4) is 0 Å². The number of carboxylic acids is 1. The molecule has 0 spiro atoms. The van der Waals surface area contributed by atoms with Crippen LogP contribution >= 0.6 is 0 Å². The van der Waals surface area contributed by atoms with E-state index < -0.39 is 5.97 Å². The highest BCUT2D eigenvalue weighted by atomic mass is 16.5. The monoisotopic (exact) mass is 889 g/mol. The van der Waals surface area contributed by atoms with Gasteiger partial charge in [-0.15, -0.1) is 0 Å². The number of hydrogen-bond donors (Lipinski definition) is 3. The molecular weight excluding hydrogens is 777 g/mol. The van der Waals surface area contributed by atoms with Crippen molar-refractivity contribution in [1.29, 1.82) is 0 Å². The molecule has 0 heterocycles. The number of hydrogen-bond acceptors (Lipinski definition) is 5. The third kappa shape index (κ3) is 53.1. The molecule has 0 saturated carbocycles. The van der Waals surface area contributed by atoms with Crippen LogP contribution < -0.4 is 11.1 Å². The van der Waals surface area contributed by atoms with Crippen LogP contribution in [-0.2, 0) is 14.3 Å². The van der Waals surface area contributed by atoms with Gasteiger partial charge < -0.3 is 20.9 Å². The maximum absolute atomic E-state index is 12.1. The standard InChI is InChI=1S/C57H112N2O4/c1-3-4-5-6-7-8-9-10-11-18-23-28-33-38-43-48-53-63-57(62)51-46-41-36-31-26-21-16-13-17-22-27-32-37-42-47-52-59-55(54(2)58)49-44-39-34-29-24-19-14-12-15-20-25-30-35-40-45-50-56(60)61/h10-11,54-55,59H,3-9,12-53,58H2,1-2H3,(H,60,61)/b11-10-. The summed E-state index contributed by atoms with van der Waals surface area (Å²) in [6.45, 7) is 6.18. The molecule has 0 radical (unpaired) electrons. The van der Waals surface area contributed by atoms with Crippen molar-refractivity contribution >= 4 is 11.9 Å². The first-order valence-electron chi connectivity index (χ1n) is 28.5. The molecule has 0 fully saturated rings. The van der Waals surface area contributed by atoms with Gasteiger partial charge in [-0.2, -0.15) is 0 Å². The van der Waals surface area contributed by atoms with E-state index >= 15 is 0 Å². The van der Waals surface area contributed by atoms with Crippen LogP contribution in [0.2, 0.25) is 0 Å². The molecule has 2 unspecified atom stereocenters. The maximum Gasteiger partial charge on any atom is 0.305 e. The Morgan fingerprint density at radius 2 is 0.794 bits per heavy atom. The molecule has 0 aliphatic carbocycles. The number of nitrogens with two attached hydrogens (primary N) is 1. The third-order valence-corrected chi connectivity index (χ3v) is 13.4. The molecule has 0 aliphatic heterocycles. The van der Waals surface area contributed by atoms with Crippen molar-refractivity contribution in [1.82, 2.24) is 5.32 Å². The fourth-order valence-corrected chi connectivity index (χ4v) is 9.08. The fraction of sp³-hybridized carbons (Fsp3) is 0.930. The van der Waals surface area contributed by atoms with Gasteiger partial charge in [0, 0.05) is 24.9 Å². The molecule has 0 rings (SSSR count). The van der Waals surface area contributed by atoms with Crippen LogP contribution in [0.4, 0.5) is 0 Å². The number of carbonyl (C=O) groups excluding carboxylic acids is 1. The Kier molecular flexibility index (Phi) is 52.0. The summed E-state index contributed by atoms with van der Waals surface area (Å²) in [4.78, 5) is 22.6. The Hall–Kier alpha value is -1.40. The second-order valence-electron chi connectivity index (χ2n) is 19.9. The summed E-state index contributed by atoms with van der Waals surface area (Å²) in [7, 11) is 0. The Morgan fingerprint density at radius 3 is 1.19 bits per heavy atom. The number of carboxylic acid groups (broad SMARTS) is 1. The number of rotatable bonds is 54. The fourth-order valence-electron chi connectivity index (χ4n) is 9.08. The van der Waals surface area contributed by atoms with Crippen LogP contribution in [0.1, 0.15) is 316 Å². The van der Waals surface area contributed by atoms with Crippen molar-refractivity contribution in [3.05, 3.63) is 12.2 Å². The van der Waals surface area contributed by atoms with Crippen LogP contribution in [0.25, 0.3) is 0 Å². The molecule has 0 aromatic carbocycles. The van der Waals surface area contributed by atoms with Gasteiger partial charge in [0.25, 0.3) is 0 Å². The molecule has 0 saturated heterocycles. The van der Waals surface area contributed by atoms with E-state index in [1.165, 1.54) is 257 Å². The molecule has 0 aromatic heterocycles. The first-order valence-corrected chi connectivity index (χ1v) is 28.5. The Morgan fingerprint density at radius 1 is 0.460 bits per heavy atom. The van der Waals surface area contributed by atoms with E-state index in [0.29, 0.717) is 25.5 Å².